The van der Waals surface area contributed by atoms with Crippen molar-refractivity contribution < 1.29 is 9.32 Å². The molecule has 1 fully saturated rings. The van der Waals surface area contributed by atoms with Crippen molar-refractivity contribution in [1.82, 2.24) is 25.0 Å². The minimum absolute atomic E-state index is 0.0314. The molecular formula is C21H19N5O2. The average Bonchev–Trinajstić information content (AvgIpc) is 3.45. The van der Waals surface area contributed by atoms with Crippen molar-refractivity contribution >= 4 is 16.9 Å². The van der Waals surface area contributed by atoms with Gasteiger partial charge in [0.2, 0.25) is 11.7 Å². The molecule has 2 aromatic heterocycles. The van der Waals surface area contributed by atoms with Gasteiger partial charge < -0.3 is 14.4 Å². The van der Waals surface area contributed by atoms with E-state index >= 15 is 0 Å². The van der Waals surface area contributed by atoms with E-state index in [1.165, 1.54) is 0 Å². The van der Waals surface area contributed by atoms with Crippen molar-refractivity contribution in [2.75, 3.05) is 6.54 Å². The van der Waals surface area contributed by atoms with Gasteiger partial charge >= 0.3 is 0 Å². The van der Waals surface area contributed by atoms with Gasteiger partial charge in [0.1, 0.15) is 11.9 Å². The van der Waals surface area contributed by atoms with Crippen molar-refractivity contribution in [3.8, 4) is 11.4 Å². The number of H-pyrrole nitrogens is 1. The number of aryl methyl sites for hydroxylation is 1. The Morgan fingerprint density at radius 3 is 2.89 bits per heavy atom. The van der Waals surface area contributed by atoms with E-state index in [1.807, 2.05) is 60.4 Å². The number of aromatic nitrogens is 4. The molecule has 0 saturated carbocycles. The van der Waals surface area contributed by atoms with Crippen LogP contribution in [-0.2, 0) is 0 Å². The lowest BCUT2D eigenvalue weighted by Gasteiger charge is -2.21. The van der Waals surface area contributed by atoms with Gasteiger partial charge in [0.25, 0.3) is 5.91 Å². The van der Waals surface area contributed by atoms with Crippen LogP contribution in [0.4, 0.5) is 0 Å². The van der Waals surface area contributed by atoms with E-state index in [9.17, 15) is 4.79 Å². The summed E-state index contributed by atoms with van der Waals surface area (Å²) in [7, 11) is 0. The van der Waals surface area contributed by atoms with Gasteiger partial charge in [-0.15, -0.1) is 0 Å². The maximum atomic E-state index is 13.2. The molecule has 7 nitrogen and oxygen atoms in total. The number of carbonyl (C=O) groups excluding carboxylic acids is 1. The first-order chi connectivity index (χ1) is 13.7. The summed E-state index contributed by atoms with van der Waals surface area (Å²) >= 11 is 0. The van der Waals surface area contributed by atoms with Gasteiger partial charge in [-0.3, -0.25) is 4.79 Å². The molecule has 0 radical (unpaired) electrons. The van der Waals surface area contributed by atoms with Crippen molar-refractivity contribution in [3.05, 3.63) is 65.8 Å². The standard InChI is InChI=1S/C21H19N5O2/c1-13-22-16-10-9-15(12-17(16)23-13)21(27)26-11-5-8-18(26)20-24-19(25-28-20)14-6-3-2-4-7-14/h2-4,6-7,9-10,12,18H,5,8,11H2,1H3,(H,22,23). The zero-order valence-corrected chi connectivity index (χ0v) is 15.4. The summed E-state index contributed by atoms with van der Waals surface area (Å²) in [6, 6.07) is 15.0. The Hall–Kier alpha value is -3.48. The molecule has 1 aliphatic heterocycles. The molecule has 4 aromatic rings. The van der Waals surface area contributed by atoms with E-state index in [0.29, 0.717) is 23.8 Å². The van der Waals surface area contributed by atoms with Crippen LogP contribution in [0.2, 0.25) is 0 Å². The Morgan fingerprint density at radius 1 is 1.18 bits per heavy atom. The molecule has 7 heteroatoms. The van der Waals surface area contributed by atoms with E-state index in [0.717, 1.165) is 35.3 Å². The number of amides is 1. The van der Waals surface area contributed by atoms with Gasteiger partial charge in [0.15, 0.2) is 0 Å². The molecule has 1 unspecified atom stereocenters. The summed E-state index contributed by atoms with van der Waals surface area (Å²) in [5.41, 5.74) is 3.25. The van der Waals surface area contributed by atoms with E-state index in [-0.39, 0.29) is 11.9 Å². The quantitative estimate of drug-likeness (QED) is 0.588. The SMILES string of the molecule is Cc1nc2ccc(C(=O)N3CCCC3c3nc(-c4ccccc4)no3)cc2[nH]1. The Labute approximate surface area is 161 Å². The first-order valence-corrected chi connectivity index (χ1v) is 9.35. The third-order valence-electron chi connectivity index (χ3n) is 5.12. The molecule has 28 heavy (non-hydrogen) atoms. The van der Waals surface area contributed by atoms with Crippen LogP contribution < -0.4 is 0 Å². The second-order valence-electron chi connectivity index (χ2n) is 7.03. The van der Waals surface area contributed by atoms with Gasteiger partial charge in [-0.05, 0) is 38.0 Å². The predicted octanol–water partition coefficient (Wildman–Crippen LogP) is 3.90. The molecule has 5 rings (SSSR count). The molecule has 140 valence electrons. The van der Waals surface area contributed by atoms with Gasteiger partial charge in [-0.1, -0.05) is 35.5 Å². The van der Waals surface area contributed by atoms with Crippen LogP contribution in [0.5, 0.6) is 0 Å². The molecule has 1 saturated heterocycles. The molecule has 0 bridgehead atoms. The summed E-state index contributed by atoms with van der Waals surface area (Å²) in [5, 5.41) is 4.10. The minimum atomic E-state index is -0.198. The molecule has 2 aromatic carbocycles. The summed E-state index contributed by atoms with van der Waals surface area (Å²) in [5.74, 6) is 1.83. The monoisotopic (exact) mass is 373 g/mol. The maximum Gasteiger partial charge on any atom is 0.254 e. The molecule has 1 atom stereocenters. The highest BCUT2D eigenvalue weighted by molar-refractivity contribution is 5.97. The largest absolute Gasteiger partial charge is 0.342 e. The number of rotatable bonds is 3. The van der Waals surface area contributed by atoms with Crippen LogP contribution in [-0.4, -0.2) is 37.5 Å². The number of aromatic amines is 1. The van der Waals surface area contributed by atoms with Crippen molar-refractivity contribution in [2.24, 2.45) is 0 Å². The smallest absolute Gasteiger partial charge is 0.254 e. The summed E-state index contributed by atoms with van der Waals surface area (Å²) in [4.78, 5) is 27.1. The van der Waals surface area contributed by atoms with Crippen LogP contribution in [0.15, 0.2) is 53.1 Å². The Morgan fingerprint density at radius 2 is 2.04 bits per heavy atom. The average molecular weight is 373 g/mol. The molecule has 1 aliphatic rings. The van der Waals surface area contributed by atoms with Crippen molar-refractivity contribution in [1.29, 1.82) is 0 Å². The second kappa shape index (κ2) is 6.60. The van der Waals surface area contributed by atoms with Gasteiger partial charge in [0, 0.05) is 17.7 Å². The van der Waals surface area contributed by atoms with Crippen LogP contribution in [0.25, 0.3) is 22.4 Å². The maximum absolute atomic E-state index is 13.2. The number of fused-ring (bicyclic) bond motifs is 1. The first-order valence-electron chi connectivity index (χ1n) is 9.35. The highest BCUT2D eigenvalue weighted by atomic mass is 16.5. The van der Waals surface area contributed by atoms with Gasteiger partial charge in [-0.2, -0.15) is 4.98 Å². The molecule has 1 N–H and O–H groups in total. The van der Waals surface area contributed by atoms with Gasteiger partial charge in [0.05, 0.1) is 11.0 Å². The lowest BCUT2D eigenvalue weighted by atomic mass is 10.1. The Kier molecular flexibility index (Phi) is 3.93. The third-order valence-corrected chi connectivity index (χ3v) is 5.12. The fourth-order valence-corrected chi connectivity index (χ4v) is 3.78. The fraction of sp³-hybridized carbons (Fsp3) is 0.238. The summed E-state index contributed by atoms with van der Waals surface area (Å²) in [6.45, 7) is 2.57. The van der Waals surface area contributed by atoms with Crippen molar-refractivity contribution in [3.63, 3.8) is 0 Å². The van der Waals surface area contributed by atoms with E-state index in [4.69, 9.17) is 4.52 Å². The second-order valence-corrected chi connectivity index (χ2v) is 7.03. The van der Waals surface area contributed by atoms with Gasteiger partial charge in [-0.25, -0.2) is 4.98 Å². The number of hydrogen-bond donors (Lipinski definition) is 1. The van der Waals surface area contributed by atoms with Crippen LogP contribution in [0, 0.1) is 6.92 Å². The summed E-state index contributed by atoms with van der Waals surface area (Å²) in [6.07, 6.45) is 1.72. The molecule has 0 aliphatic carbocycles. The molecular weight excluding hydrogens is 354 g/mol. The third kappa shape index (κ3) is 2.85. The minimum Gasteiger partial charge on any atom is -0.342 e. The zero-order valence-electron chi connectivity index (χ0n) is 15.4. The number of nitrogens with zero attached hydrogens (tertiary/aromatic N) is 4. The van der Waals surface area contributed by atoms with E-state index in [2.05, 4.69) is 20.1 Å². The van der Waals surface area contributed by atoms with Crippen LogP contribution in [0.1, 0.15) is 41.0 Å². The van der Waals surface area contributed by atoms with E-state index < -0.39 is 0 Å². The number of likely N-dealkylation sites (tertiary alicyclic amines) is 1. The van der Waals surface area contributed by atoms with E-state index in [1.54, 1.807) is 0 Å². The highest BCUT2D eigenvalue weighted by Crippen LogP contribution is 2.33. The number of hydrogen-bond acceptors (Lipinski definition) is 5. The lowest BCUT2D eigenvalue weighted by molar-refractivity contribution is 0.0710. The lowest BCUT2D eigenvalue weighted by Crippen LogP contribution is -2.30. The summed E-state index contributed by atoms with van der Waals surface area (Å²) < 4.78 is 5.52. The number of carbonyl (C=O) groups is 1. The normalized spacial score (nSPS) is 16.8. The fourth-order valence-electron chi connectivity index (χ4n) is 3.78. The zero-order chi connectivity index (χ0) is 19.1. The Balaban J connectivity index is 1.43. The van der Waals surface area contributed by atoms with Crippen LogP contribution >= 0.6 is 0 Å². The highest BCUT2D eigenvalue weighted by Gasteiger charge is 2.34. The first kappa shape index (κ1) is 16.7. The molecule has 1 amide bonds. The Bertz CT molecular complexity index is 1150. The number of benzene rings is 2. The predicted molar refractivity (Wildman–Crippen MR) is 104 cm³/mol. The molecule has 3 heterocycles. The number of nitrogens with one attached hydrogen (secondary N) is 1. The topological polar surface area (TPSA) is 87.9 Å². The van der Waals surface area contributed by atoms with Crippen LogP contribution in [0.3, 0.4) is 0 Å². The number of imidazole rings is 1. The molecule has 0 spiro atoms. The van der Waals surface area contributed by atoms with Crippen molar-refractivity contribution in [2.45, 2.75) is 25.8 Å².